The highest BCUT2D eigenvalue weighted by Gasteiger charge is 2.37. The fourth-order valence-electron chi connectivity index (χ4n) is 5.03. The summed E-state index contributed by atoms with van der Waals surface area (Å²) in [4.78, 5) is 16.9. The Morgan fingerprint density at radius 1 is 1.09 bits per heavy atom. The van der Waals surface area contributed by atoms with Gasteiger partial charge in [0.05, 0.1) is 28.8 Å². The van der Waals surface area contributed by atoms with Crippen LogP contribution in [-0.4, -0.2) is 53.8 Å². The fraction of sp³-hybridized carbons (Fsp3) is 0.419. The number of benzene rings is 2. The van der Waals surface area contributed by atoms with E-state index in [1.165, 1.54) is 34.3 Å². The van der Waals surface area contributed by atoms with Crippen LogP contribution in [0, 0.1) is 19.7 Å². The van der Waals surface area contributed by atoms with Gasteiger partial charge in [-0.2, -0.15) is 18.3 Å². The van der Waals surface area contributed by atoms with Crippen LogP contribution in [0.2, 0.25) is 0 Å². The predicted molar refractivity (Wildman–Crippen MR) is 168 cm³/mol. The highest BCUT2D eigenvalue weighted by molar-refractivity contribution is 6.05. The first-order valence-corrected chi connectivity index (χ1v) is 14.4. The van der Waals surface area contributed by atoms with Crippen LogP contribution in [0.5, 0.6) is 0 Å². The number of amides is 1. The van der Waals surface area contributed by atoms with Gasteiger partial charge in [0.2, 0.25) is 0 Å². The zero-order chi connectivity index (χ0) is 32.9. The lowest BCUT2D eigenvalue weighted by Crippen LogP contribution is -2.42. The van der Waals surface area contributed by atoms with Crippen LogP contribution < -0.4 is 26.8 Å². The van der Waals surface area contributed by atoms with E-state index in [1.54, 1.807) is 38.0 Å². The molecule has 5 N–H and O–H groups in total. The number of nitrogens with one attached hydrogen (secondary N) is 1. The molecule has 3 aromatic rings. The Bertz CT molecular complexity index is 1490. The van der Waals surface area contributed by atoms with Crippen molar-refractivity contribution >= 4 is 28.7 Å². The maximum atomic E-state index is 15.2. The number of nitrogens with two attached hydrogens (primary N) is 2. The second kappa shape index (κ2) is 14.1. The van der Waals surface area contributed by atoms with Crippen molar-refractivity contribution in [1.82, 2.24) is 14.7 Å². The van der Waals surface area contributed by atoms with Crippen LogP contribution in [0.3, 0.4) is 0 Å². The monoisotopic (exact) mass is 618 g/mol. The standard InChI is InChI=1S/C29H36F4N8O.C2H6/c1-17-6-7-19(12-25(17)41(35)16-24(34)22-15-36-40(5)18(22)2)28(42)37-20-13-23(29(31,32)33)27(30)26(14-20)39(4)21-8-10-38(3)11-9-21;1-2/h6-7,12-16,21H,8-11,34-35H2,1-5H3,(H,37,42);1-2H3/b24-16-;. The molecule has 0 aliphatic carbocycles. The molecule has 1 amide bonds. The van der Waals surface area contributed by atoms with Gasteiger partial charge in [0.25, 0.3) is 5.91 Å². The molecule has 4 rings (SSSR count). The molecule has 1 fully saturated rings. The van der Waals surface area contributed by atoms with Gasteiger partial charge in [-0.1, -0.05) is 19.9 Å². The van der Waals surface area contributed by atoms with E-state index in [2.05, 4.69) is 15.3 Å². The van der Waals surface area contributed by atoms with E-state index in [9.17, 15) is 18.0 Å². The first kappa shape index (κ1) is 34.4. The number of carbonyl (C=O) groups is 1. The molecule has 240 valence electrons. The third-order valence-corrected chi connectivity index (χ3v) is 7.81. The smallest absolute Gasteiger partial charge is 0.397 e. The maximum absolute atomic E-state index is 15.2. The number of nitrogens with zero attached hydrogens (tertiary/aromatic N) is 5. The van der Waals surface area contributed by atoms with E-state index < -0.39 is 23.5 Å². The van der Waals surface area contributed by atoms with Crippen molar-refractivity contribution in [2.75, 3.05) is 42.4 Å². The number of aryl methyl sites for hydroxylation is 2. The van der Waals surface area contributed by atoms with E-state index in [0.717, 1.165) is 24.3 Å². The number of alkyl halides is 3. The Morgan fingerprint density at radius 3 is 2.30 bits per heavy atom. The van der Waals surface area contributed by atoms with E-state index in [-0.39, 0.29) is 23.0 Å². The molecule has 1 aliphatic heterocycles. The highest BCUT2D eigenvalue weighted by atomic mass is 19.4. The zero-order valence-electron chi connectivity index (χ0n) is 26.3. The number of piperidine rings is 1. The lowest BCUT2D eigenvalue weighted by atomic mass is 10.0. The molecule has 0 saturated carbocycles. The van der Waals surface area contributed by atoms with E-state index in [1.807, 2.05) is 27.8 Å². The van der Waals surface area contributed by atoms with Crippen LogP contribution in [0.4, 0.5) is 34.6 Å². The van der Waals surface area contributed by atoms with Gasteiger partial charge in [0, 0.05) is 48.8 Å². The minimum Gasteiger partial charge on any atom is -0.397 e. The van der Waals surface area contributed by atoms with Gasteiger partial charge in [-0.15, -0.1) is 0 Å². The molecule has 0 bridgehead atoms. The highest BCUT2D eigenvalue weighted by Crippen LogP contribution is 2.39. The summed E-state index contributed by atoms with van der Waals surface area (Å²) in [6.45, 7) is 9.14. The summed E-state index contributed by atoms with van der Waals surface area (Å²) < 4.78 is 58.4. The summed E-state index contributed by atoms with van der Waals surface area (Å²) in [5.41, 5.74) is 7.58. The summed E-state index contributed by atoms with van der Waals surface area (Å²) in [6.07, 6.45) is -0.503. The van der Waals surface area contributed by atoms with E-state index in [0.29, 0.717) is 35.9 Å². The molecule has 0 atom stereocenters. The normalized spacial score (nSPS) is 14.6. The Balaban J connectivity index is 0.00000259. The van der Waals surface area contributed by atoms with Gasteiger partial charge in [0.1, 0.15) is 0 Å². The van der Waals surface area contributed by atoms with Crippen molar-refractivity contribution in [1.29, 1.82) is 0 Å². The minimum atomic E-state index is -4.96. The SMILES string of the molecule is CC.Cc1ccc(C(=O)Nc2cc(N(C)C3CCN(C)CC3)c(F)c(C(F)(F)F)c2)cc1N(N)/C=C(\N)c1cnn(C)c1C. The number of halogens is 4. The molecule has 0 radical (unpaired) electrons. The van der Waals surface area contributed by atoms with Crippen molar-refractivity contribution in [2.45, 2.75) is 52.8 Å². The quantitative estimate of drug-likeness (QED) is 0.179. The number of hydrogen-bond acceptors (Lipinski definition) is 7. The Labute approximate surface area is 256 Å². The molecule has 1 aromatic heterocycles. The Hall–Kier alpha value is -4.10. The van der Waals surface area contributed by atoms with Crippen molar-refractivity contribution in [3.05, 3.63) is 76.5 Å². The largest absolute Gasteiger partial charge is 0.419 e. The van der Waals surface area contributed by atoms with Gasteiger partial charge in [0.15, 0.2) is 5.82 Å². The summed E-state index contributed by atoms with van der Waals surface area (Å²) in [7, 11) is 5.32. The second-order valence-corrected chi connectivity index (χ2v) is 10.7. The molecular formula is C31H42F4N8O. The van der Waals surface area contributed by atoms with Crippen LogP contribution in [0.1, 0.15) is 59.4 Å². The molecule has 44 heavy (non-hydrogen) atoms. The average Bonchev–Trinajstić information content (AvgIpc) is 3.32. The van der Waals surface area contributed by atoms with Gasteiger partial charge >= 0.3 is 6.18 Å². The summed E-state index contributed by atoms with van der Waals surface area (Å²) in [6, 6.07) is 6.40. The third kappa shape index (κ3) is 7.69. The zero-order valence-corrected chi connectivity index (χ0v) is 26.3. The molecule has 2 aromatic carbocycles. The molecule has 2 heterocycles. The molecular weight excluding hydrogens is 576 g/mol. The van der Waals surface area contributed by atoms with Crippen molar-refractivity contribution < 1.29 is 22.4 Å². The molecule has 9 nitrogen and oxygen atoms in total. The number of likely N-dealkylation sites (tertiary alicyclic amines) is 1. The van der Waals surface area contributed by atoms with Crippen LogP contribution >= 0.6 is 0 Å². The van der Waals surface area contributed by atoms with Gasteiger partial charge < -0.3 is 20.9 Å². The number of carbonyl (C=O) groups excluding carboxylic acids is 1. The molecule has 0 unspecified atom stereocenters. The van der Waals surface area contributed by atoms with Crippen LogP contribution in [-0.2, 0) is 13.2 Å². The second-order valence-electron chi connectivity index (χ2n) is 10.7. The average molecular weight is 619 g/mol. The first-order valence-electron chi connectivity index (χ1n) is 14.4. The van der Waals surface area contributed by atoms with Crippen molar-refractivity contribution in [3.63, 3.8) is 0 Å². The van der Waals surface area contributed by atoms with Crippen molar-refractivity contribution in [3.8, 4) is 0 Å². The number of hydrogen-bond donors (Lipinski definition) is 3. The van der Waals surface area contributed by atoms with Crippen LogP contribution in [0.25, 0.3) is 5.70 Å². The van der Waals surface area contributed by atoms with Gasteiger partial charge in [-0.3, -0.25) is 14.5 Å². The maximum Gasteiger partial charge on any atom is 0.419 e. The lowest BCUT2D eigenvalue weighted by Gasteiger charge is -2.37. The predicted octanol–water partition coefficient (Wildman–Crippen LogP) is 5.64. The lowest BCUT2D eigenvalue weighted by molar-refractivity contribution is -0.139. The van der Waals surface area contributed by atoms with Gasteiger partial charge in [-0.25, -0.2) is 10.2 Å². The molecule has 0 spiro atoms. The number of aromatic nitrogens is 2. The minimum absolute atomic E-state index is 0.138. The number of hydrazine groups is 1. The van der Waals surface area contributed by atoms with E-state index >= 15 is 4.39 Å². The summed E-state index contributed by atoms with van der Waals surface area (Å²) in [5, 5.41) is 7.95. The molecule has 1 saturated heterocycles. The topological polar surface area (TPSA) is 109 Å². The number of anilines is 3. The summed E-state index contributed by atoms with van der Waals surface area (Å²) >= 11 is 0. The number of rotatable bonds is 7. The molecule has 1 aliphatic rings. The Kier molecular flexibility index (Phi) is 11.0. The summed E-state index contributed by atoms with van der Waals surface area (Å²) in [5.74, 6) is 4.22. The van der Waals surface area contributed by atoms with E-state index in [4.69, 9.17) is 11.6 Å². The van der Waals surface area contributed by atoms with Crippen molar-refractivity contribution in [2.24, 2.45) is 18.6 Å². The Morgan fingerprint density at radius 2 is 1.73 bits per heavy atom. The first-order chi connectivity index (χ1) is 20.7. The third-order valence-electron chi connectivity index (χ3n) is 7.81. The van der Waals surface area contributed by atoms with Crippen LogP contribution in [0.15, 0.2) is 42.7 Å². The van der Waals surface area contributed by atoms with Gasteiger partial charge in [-0.05, 0) is 76.7 Å². The molecule has 13 heteroatoms. The fourth-order valence-corrected chi connectivity index (χ4v) is 5.03.